The van der Waals surface area contributed by atoms with Crippen molar-refractivity contribution in [3.05, 3.63) is 63.9 Å². The van der Waals surface area contributed by atoms with Crippen molar-refractivity contribution >= 4 is 31.9 Å². The lowest BCUT2D eigenvalue weighted by molar-refractivity contribution is 0.340. The molecule has 0 saturated carbocycles. The van der Waals surface area contributed by atoms with E-state index in [4.69, 9.17) is 4.74 Å². The van der Waals surface area contributed by atoms with Gasteiger partial charge in [-0.2, -0.15) is 0 Å². The molecule has 1 atom stereocenters. The highest BCUT2D eigenvalue weighted by molar-refractivity contribution is 9.11. The minimum absolute atomic E-state index is 0.0122. The maximum atomic E-state index is 12.9. The van der Waals surface area contributed by atoms with E-state index in [1.165, 1.54) is 12.1 Å². The number of hydrogen-bond acceptors (Lipinski definition) is 1. The van der Waals surface area contributed by atoms with E-state index in [9.17, 15) is 4.39 Å². The lowest BCUT2D eigenvalue weighted by Crippen LogP contribution is -1.96. The van der Waals surface area contributed by atoms with E-state index in [1.54, 1.807) is 12.1 Å². The molecule has 0 spiro atoms. The van der Waals surface area contributed by atoms with Crippen LogP contribution in [0.4, 0.5) is 4.39 Å². The van der Waals surface area contributed by atoms with Crippen LogP contribution in [0.2, 0.25) is 0 Å². The second-order valence-corrected chi connectivity index (χ2v) is 5.80. The van der Waals surface area contributed by atoms with E-state index < -0.39 is 0 Å². The van der Waals surface area contributed by atoms with Gasteiger partial charge in [0.2, 0.25) is 0 Å². The van der Waals surface area contributed by atoms with Gasteiger partial charge >= 0.3 is 0 Å². The standard InChI is InChI=1S/C15H13Br2FO/c1-2-19-12-7-8-13(14(16)9-12)15(17)10-3-5-11(18)6-4-10/h3-9,15H,2H2,1H3. The van der Waals surface area contributed by atoms with Crippen LogP contribution in [-0.2, 0) is 0 Å². The third-order valence-corrected chi connectivity index (χ3v) is 4.43. The van der Waals surface area contributed by atoms with Gasteiger partial charge < -0.3 is 4.74 Å². The minimum atomic E-state index is -0.228. The first-order valence-electron chi connectivity index (χ1n) is 5.93. The van der Waals surface area contributed by atoms with Gasteiger partial charge in [-0.05, 0) is 42.3 Å². The van der Waals surface area contributed by atoms with Gasteiger partial charge in [-0.3, -0.25) is 0 Å². The predicted molar refractivity (Wildman–Crippen MR) is 82.5 cm³/mol. The summed E-state index contributed by atoms with van der Waals surface area (Å²) < 4.78 is 19.3. The Labute approximate surface area is 129 Å². The van der Waals surface area contributed by atoms with Crippen LogP contribution in [0.5, 0.6) is 5.75 Å². The molecule has 1 unspecified atom stereocenters. The predicted octanol–water partition coefficient (Wildman–Crippen LogP) is 5.47. The van der Waals surface area contributed by atoms with Crippen molar-refractivity contribution in [2.24, 2.45) is 0 Å². The van der Waals surface area contributed by atoms with Gasteiger partial charge in [0.25, 0.3) is 0 Å². The molecule has 2 aromatic rings. The zero-order chi connectivity index (χ0) is 13.8. The molecule has 0 aliphatic carbocycles. The molecular weight excluding hydrogens is 375 g/mol. The Morgan fingerprint density at radius 3 is 2.42 bits per heavy atom. The summed E-state index contributed by atoms with van der Waals surface area (Å²) in [5.41, 5.74) is 2.08. The molecule has 4 heteroatoms. The van der Waals surface area contributed by atoms with Crippen molar-refractivity contribution in [3.8, 4) is 5.75 Å². The second kappa shape index (κ2) is 6.53. The monoisotopic (exact) mass is 386 g/mol. The smallest absolute Gasteiger partial charge is 0.123 e. The molecule has 2 rings (SSSR count). The SMILES string of the molecule is CCOc1ccc(C(Br)c2ccc(F)cc2)c(Br)c1. The molecule has 19 heavy (non-hydrogen) atoms. The fraction of sp³-hybridized carbons (Fsp3) is 0.200. The molecule has 0 fully saturated rings. The average Bonchev–Trinajstić information content (AvgIpc) is 2.39. The molecular formula is C15H13Br2FO. The summed E-state index contributed by atoms with van der Waals surface area (Å²) in [4.78, 5) is 0.0122. The van der Waals surface area contributed by atoms with Gasteiger partial charge in [-0.1, -0.05) is 50.1 Å². The van der Waals surface area contributed by atoms with Crippen LogP contribution in [0.1, 0.15) is 22.9 Å². The van der Waals surface area contributed by atoms with Crippen molar-refractivity contribution in [1.29, 1.82) is 0 Å². The van der Waals surface area contributed by atoms with Crippen molar-refractivity contribution in [2.45, 2.75) is 11.8 Å². The highest BCUT2D eigenvalue weighted by Crippen LogP contribution is 2.37. The number of hydrogen-bond donors (Lipinski definition) is 0. The molecule has 2 aromatic carbocycles. The van der Waals surface area contributed by atoms with Crippen LogP contribution >= 0.6 is 31.9 Å². The first kappa shape index (κ1) is 14.5. The van der Waals surface area contributed by atoms with Crippen molar-refractivity contribution in [3.63, 3.8) is 0 Å². The second-order valence-electron chi connectivity index (χ2n) is 4.03. The summed E-state index contributed by atoms with van der Waals surface area (Å²) in [5, 5.41) is 0. The molecule has 1 nitrogen and oxygen atoms in total. The van der Waals surface area contributed by atoms with Gasteiger partial charge in [-0.15, -0.1) is 0 Å². The summed E-state index contributed by atoms with van der Waals surface area (Å²) in [5.74, 6) is 0.603. The first-order chi connectivity index (χ1) is 9.11. The molecule has 0 saturated heterocycles. The largest absolute Gasteiger partial charge is 0.494 e. The van der Waals surface area contributed by atoms with E-state index >= 15 is 0 Å². The Balaban J connectivity index is 2.28. The maximum Gasteiger partial charge on any atom is 0.123 e. The third-order valence-electron chi connectivity index (χ3n) is 2.72. The molecule has 0 aromatic heterocycles. The zero-order valence-electron chi connectivity index (χ0n) is 10.4. The van der Waals surface area contributed by atoms with Crippen LogP contribution in [0, 0.1) is 5.82 Å². The quantitative estimate of drug-likeness (QED) is 0.632. The van der Waals surface area contributed by atoms with E-state index in [2.05, 4.69) is 31.9 Å². The van der Waals surface area contributed by atoms with Crippen LogP contribution in [0.15, 0.2) is 46.9 Å². The zero-order valence-corrected chi connectivity index (χ0v) is 13.5. The van der Waals surface area contributed by atoms with E-state index in [1.807, 2.05) is 25.1 Å². The third kappa shape index (κ3) is 3.57. The van der Waals surface area contributed by atoms with Gasteiger partial charge in [-0.25, -0.2) is 4.39 Å². The van der Waals surface area contributed by atoms with Gasteiger partial charge in [0.15, 0.2) is 0 Å². The fourth-order valence-corrected chi connectivity index (χ4v) is 3.38. The average molecular weight is 388 g/mol. The highest BCUT2D eigenvalue weighted by Gasteiger charge is 2.14. The van der Waals surface area contributed by atoms with E-state index in [-0.39, 0.29) is 10.6 Å². The molecule has 0 aliphatic heterocycles. The van der Waals surface area contributed by atoms with Crippen LogP contribution in [0.3, 0.4) is 0 Å². The summed E-state index contributed by atoms with van der Waals surface area (Å²) in [7, 11) is 0. The summed E-state index contributed by atoms with van der Waals surface area (Å²) in [6.07, 6.45) is 0. The highest BCUT2D eigenvalue weighted by atomic mass is 79.9. The molecule has 0 N–H and O–H groups in total. The minimum Gasteiger partial charge on any atom is -0.494 e. The molecule has 100 valence electrons. The van der Waals surface area contributed by atoms with Crippen LogP contribution in [-0.4, -0.2) is 6.61 Å². The molecule has 0 aliphatic rings. The normalized spacial score (nSPS) is 12.2. The number of ether oxygens (including phenoxy) is 1. The number of benzene rings is 2. The fourth-order valence-electron chi connectivity index (χ4n) is 1.78. The summed E-state index contributed by atoms with van der Waals surface area (Å²) in [6, 6.07) is 12.4. The maximum absolute atomic E-state index is 12.9. The van der Waals surface area contributed by atoms with E-state index in [0.717, 1.165) is 21.3 Å². The number of alkyl halides is 1. The van der Waals surface area contributed by atoms with Gasteiger partial charge in [0.1, 0.15) is 11.6 Å². The topological polar surface area (TPSA) is 9.23 Å². The number of halogens is 3. The molecule has 0 radical (unpaired) electrons. The Hall–Kier alpha value is -0.870. The van der Waals surface area contributed by atoms with Crippen LogP contribution < -0.4 is 4.74 Å². The Morgan fingerprint density at radius 1 is 1.16 bits per heavy atom. The summed E-state index contributed by atoms with van der Waals surface area (Å²) in [6.45, 7) is 2.59. The number of rotatable bonds is 4. The molecule has 0 amide bonds. The van der Waals surface area contributed by atoms with Crippen molar-refractivity contribution in [2.75, 3.05) is 6.61 Å². The van der Waals surface area contributed by atoms with Gasteiger partial charge in [0, 0.05) is 4.47 Å². The lowest BCUT2D eigenvalue weighted by atomic mass is 10.0. The Kier molecular flexibility index (Phi) is 4.99. The Morgan fingerprint density at radius 2 is 1.84 bits per heavy atom. The van der Waals surface area contributed by atoms with Gasteiger partial charge in [0.05, 0.1) is 11.4 Å². The first-order valence-corrected chi connectivity index (χ1v) is 7.64. The van der Waals surface area contributed by atoms with E-state index in [0.29, 0.717) is 6.61 Å². The molecule has 0 heterocycles. The van der Waals surface area contributed by atoms with Crippen molar-refractivity contribution in [1.82, 2.24) is 0 Å². The lowest BCUT2D eigenvalue weighted by Gasteiger charge is -2.14. The summed E-state index contributed by atoms with van der Waals surface area (Å²) >= 11 is 7.19. The van der Waals surface area contributed by atoms with Crippen LogP contribution in [0.25, 0.3) is 0 Å². The van der Waals surface area contributed by atoms with Crippen molar-refractivity contribution < 1.29 is 9.13 Å². The molecule has 0 bridgehead atoms. The Bertz CT molecular complexity index is 555.